The second-order valence-corrected chi connectivity index (χ2v) is 7.29. The van der Waals surface area contributed by atoms with Crippen LogP contribution in [0.15, 0.2) is 28.0 Å². The van der Waals surface area contributed by atoms with Crippen LogP contribution in [0.4, 0.5) is 5.82 Å². The van der Waals surface area contributed by atoms with E-state index in [2.05, 4.69) is 30.6 Å². The molecule has 1 N–H and O–H groups in total. The van der Waals surface area contributed by atoms with Gasteiger partial charge in [0.1, 0.15) is 11.6 Å². The SMILES string of the molecule is CCCn1cc(S(=O)(=O)Nc2ncc(Br)cc2C)nc1C. The van der Waals surface area contributed by atoms with Gasteiger partial charge in [-0.3, -0.25) is 4.72 Å². The zero-order valence-electron chi connectivity index (χ0n) is 12.1. The highest BCUT2D eigenvalue weighted by Gasteiger charge is 2.20. The summed E-state index contributed by atoms with van der Waals surface area (Å²) in [5.41, 5.74) is 0.734. The lowest BCUT2D eigenvalue weighted by Crippen LogP contribution is -2.15. The van der Waals surface area contributed by atoms with Gasteiger partial charge in [0.25, 0.3) is 10.0 Å². The topological polar surface area (TPSA) is 76.9 Å². The van der Waals surface area contributed by atoms with Crippen LogP contribution in [-0.4, -0.2) is 23.0 Å². The van der Waals surface area contributed by atoms with Gasteiger partial charge in [-0.15, -0.1) is 0 Å². The molecule has 0 radical (unpaired) electrons. The van der Waals surface area contributed by atoms with E-state index in [-0.39, 0.29) is 5.03 Å². The van der Waals surface area contributed by atoms with Crippen LogP contribution in [0.1, 0.15) is 24.7 Å². The van der Waals surface area contributed by atoms with Gasteiger partial charge in [-0.1, -0.05) is 6.92 Å². The highest BCUT2D eigenvalue weighted by atomic mass is 79.9. The fraction of sp³-hybridized carbons (Fsp3) is 0.385. The number of rotatable bonds is 5. The molecule has 2 aromatic heterocycles. The van der Waals surface area contributed by atoms with Crippen molar-refractivity contribution in [2.45, 2.75) is 38.8 Å². The zero-order chi connectivity index (χ0) is 15.6. The van der Waals surface area contributed by atoms with Crippen LogP contribution in [-0.2, 0) is 16.6 Å². The molecule has 21 heavy (non-hydrogen) atoms. The normalized spacial score (nSPS) is 11.6. The number of sulfonamides is 1. The van der Waals surface area contributed by atoms with E-state index in [1.54, 1.807) is 32.3 Å². The molecular weight excluding hydrogens is 356 g/mol. The summed E-state index contributed by atoms with van der Waals surface area (Å²) in [6.45, 7) is 6.35. The highest BCUT2D eigenvalue weighted by molar-refractivity contribution is 9.10. The standard InChI is InChI=1S/C13H17BrN4O2S/c1-4-5-18-8-12(16-10(18)3)21(19,20)17-13-9(2)6-11(14)7-15-13/h6-8H,4-5H2,1-3H3,(H,15,17). The molecule has 2 heterocycles. The Morgan fingerprint density at radius 1 is 1.38 bits per heavy atom. The first-order chi connectivity index (χ1) is 9.83. The quantitative estimate of drug-likeness (QED) is 0.874. The first kappa shape index (κ1) is 16.0. The second kappa shape index (κ2) is 6.15. The molecule has 0 saturated carbocycles. The number of imidazole rings is 1. The molecule has 0 spiro atoms. The zero-order valence-corrected chi connectivity index (χ0v) is 14.5. The highest BCUT2D eigenvalue weighted by Crippen LogP contribution is 2.20. The van der Waals surface area contributed by atoms with Crippen molar-refractivity contribution in [3.63, 3.8) is 0 Å². The van der Waals surface area contributed by atoms with Crippen LogP contribution < -0.4 is 4.72 Å². The number of nitrogens with zero attached hydrogens (tertiary/aromatic N) is 3. The van der Waals surface area contributed by atoms with Gasteiger partial charge in [0.15, 0.2) is 5.03 Å². The summed E-state index contributed by atoms with van der Waals surface area (Å²) >= 11 is 3.30. The Morgan fingerprint density at radius 2 is 2.10 bits per heavy atom. The fourth-order valence-electron chi connectivity index (χ4n) is 1.90. The van der Waals surface area contributed by atoms with Crippen molar-refractivity contribution in [3.8, 4) is 0 Å². The number of hydrogen-bond donors (Lipinski definition) is 1. The fourth-order valence-corrected chi connectivity index (χ4v) is 3.44. The van der Waals surface area contributed by atoms with Gasteiger partial charge < -0.3 is 4.57 Å². The maximum Gasteiger partial charge on any atom is 0.282 e. The van der Waals surface area contributed by atoms with Crippen LogP contribution in [0.25, 0.3) is 0 Å². The lowest BCUT2D eigenvalue weighted by molar-refractivity contribution is 0.597. The van der Waals surface area contributed by atoms with Gasteiger partial charge >= 0.3 is 0 Å². The van der Waals surface area contributed by atoms with Crippen LogP contribution in [0.2, 0.25) is 0 Å². The maximum absolute atomic E-state index is 12.4. The number of pyridine rings is 1. The number of anilines is 1. The summed E-state index contributed by atoms with van der Waals surface area (Å²) in [6.07, 6.45) is 4.01. The summed E-state index contributed by atoms with van der Waals surface area (Å²) < 4.78 is 29.8. The van der Waals surface area contributed by atoms with Crippen molar-refractivity contribution in [2.75, 3.05) is 4.72 Å². The van der Waals surface area contributed by atoms with E-state index in [9.17, 15) is 8.42 Å². The Kier molecular flexibility index (Phi) is 4.67. The second-order valence-electron chi connectivity index (χ2n) is 4.74. The smallest absolute Gasteiger partial charge is 0.282 e. The Balaban J connectivity index is 2.32. The van der Waals surface area contributed by atoms with E-state index < -0.39 is 10.0 Å². The number of aryl methyl sites for hydroxylation is 3. The first-order valence-corrected chi connectivity index (χ1v) is 8.80. The van der Waals surface area contributed by atoms with Crippen molar-refractivity contribution < 1.29 is 8.42 Å². The Bertz CT molecular complexity index is 756. The number of aromatic nitrogens is 3. The third kappa shape index (κ3) is 3.62. The molecule has 0 bridgehead atoms. The van der Waals surface area contributed by atoms with E-state index >= 15 is 0 Å². The molecular formula is C13H17BrN4O2S. The average Bonchev–Trinajstić information content (AvgIpc) is 2.76. The first-order valence-electron chi connectivity index (χ1n) is 6.52. The molecule has 6 nitrogen and oxygen atoms in total. The summed E-state index contributed by atoms with van der Waals surface area (Å²) in [5, 5.41) is 0.0116. The van der Waals surface area contributed by atoms with E-state index in [0.717, 1.165) is 23.0 Å². The van der Waals surface area contributed by atoms with Crippen LogP contribution in [0.5, 0.6) is 0 Å². The van der Waals surface area contributed by atoms with Crippen molar-refractivity contribution in [1.82, 2.24) is 14.5 Å². The Labute approximate surface area is 132 Å². The predicted octanol–water partition coefficient (Wildman–Crippen LogP) is 2.87. The molecule has 0 amide bonds. The summed E-state index contributed by atoms with van der Waals surface area (Å²) in [7, 11) is -3.73. The summed E-state index contributed by atoms with van der Waals surface area (Å²) in [4.78, 5) is 8.20. The molecule has 0 aliphatic heterocycles. The lowest BCUT2D eigenvalue weighted by atomic mass is 10.3. The molecule has 0 atom stereocenters. The molecule has 2 aromatic rings. The van der Waals surface area contributed by atoms with Gasteiger partial charge in [-0.25, -0.2) is 9.97 Å². The molecule has 0 unspecified atom stereocenters. The van der Waals surface area contributed by atoms with Crippen molar-refractivity contribution >= 4 is 31.8 Å². The molecule has 0 aromatic carbocycles. The monoisotopic (exact) mass is 372 g/mol. The van der Waals surface area contributed by atoms with E-state index in [0.29, 0.717) is 11.6 Å². The van der Waals surface area contributed by atoms with Crippen LogP contribution >= 0.6 is 15.9 Å². The molecule has 114 valence electrons. The Morgan fingerprint density at radius 3 is 2.71 bits per heavy atom. The van der Waals surface area contributed by atoms with Gasteiger partial charge in [0.05, 0.1) is 0 Å². The molecule has 0 aliphatic carbocycles. The molecule has 8 heteroatoms. The predicted molar refractivity (Wildman–Crippen MR) is 84.7 cm³/mol. The van der Waals surface area contributed by atoms with Crippen molar-refractivity contribution in [2.24, 2.45) is 0 Å². The van der Waals surface area contributed by atoms with Gasteiger partial charge in [0, 0.05) is 23.4 Å². The van der Waals surface area contributed by atoms with E-state index in [4.69, 9.17) is 0 Å². The van der Waals surface area contributed by atoms with Crippen molar-refractivity contribution in [1.29, 1.82) is 0 Å². The average molecular weight is 373 g/mol. The minimum absolute atomic E-state index is 0.0116. The molecule has 0 aliphatic rings. The number of hydrogen-bond acceptors (Lipinski definition) is 4. The largest absolute Gasteiger partial charge is 0.334 e. The molecule has 0 saturated heterocycles. The third-order valence-electron chi connectivity index (χ3n) is 2.97. The van der Waals surface area contributed by atoms with Crippen LogP contribution in [0.3, 0.4) is 0 Å². The maximum atomic E-state index is 12.4. The van der Waals surface area contributed by atoms with Gasteiger partial charge in [-0.05, 0) is 47.8 Å². The number of halogens is 1. The van der Waals surface area contributed by atoms with Gasteiger partial charge in [-0.2, -0.15) is 8.42 Å². The Hall–Kier alpha value is -1.41. The molecule has 0 fully saturated rings. The summed E-state index contributed by atoms with van der Waals surface area (Å²) in [5.74, 6) is 0.985. The minimum atomic E-state index is -3.73. The third-order valence-corrected chi connectivity index (χ3v) is 4.61. The lowest BCUT2D eigenvalue weighted by Gasteiger charge is -2.07. The van der Waals surface area contributed by atoms with Crippen molar-refractivity contribution in [3.05, 3.63) is 34.3 Å². The van der Waals surface area contributed by atoms with Crippen LogP contribution in [0, 0.1) is 13.8 Å². The number of nitrogens with one attached hydrogen (secondary N) is 1. The van der Waals surface area contributed by atoms with Gasteiger partial charge in [0.2, 0.25) is 0 Å². The van der Waals surface area contributed by atoms with E-state index in [1.165, 1.54) is 0 Å². The summed E-state index contributed by atoms with van der Waals surface area (Å²) in [6, 6.07) is 1.80. The molecule has 2 rings (SSSR count). The van der Waals surface area contributed by atoms with E-state index in [1.807, 2.05) is 11.5 Å². The minimum Gasteiger partial charge on any atom is -0.334 e.